The fraction of sp³-hybridized carbons (Fsp3) is 0.296. The van der Waals surface area contributed by atoms with Crippen molar-refractivity contribution in [3.8, 4) is 11.1 Å². The van der Waals surface area contributed by atoms with Gasteiger partial charge in [0, 0.05) is 57.5 Å². The van der Waals surface area contributed by atoms with Gasteiger partial charge in [-0.1, -0.05) is 12.1 Å². The average Bonchev–Trinajstić information content (AvgIpc) is 3.60. The first kappa shape index (κ1) is 21.8. The SMILES string of the molecule is CN1Cc2c(-c3ccnc4c3ccn4C)ccc(Nc3ccc([C@@H]4CCOC4)c(CN)n3)c2C1=O. The Kier molecular flexibility index (Phi) is 5.27. The zero-order valence-corrected chi connectivity index (χ0v) is 19.9. The molecule has 1 saturated heterocycles. The van der Waals surface area contributed by atoms with Gasteiger partial charge in [0.25, 0.3) is 5.91 Å². The molecule has 1 atom stereocenters. The molecular formula is C27H28N6O2. The maximum absolute atomic E-state index is 13.2. The minimum atomic E-state index is 0.00137. The van der Waals surface area contributed by atoms with Crippen LogP contribution in [0.3, 0.4) is 0 Å². The van der Waals surface area contributed by atoms with Crippen LogP contribution in [-0.4, -0.2) is 45.6 Å². The van der Waals surface area contributed by atoms with Crippen molar-refractivity contribution in [1.29, 1.82) is 0 Å². The summed E-state index contributed by atoms with van der Waals surface area (Å²) in [6.07, 6.45) is 4.82. The highest BCUT2D eigenvalue weighted by molar-refractivity contribution is 6.07. The number of aromatic nitrogens is 3. The number of benzene rings is 1. The van der Waals surface area contributed by atoms with Crippen molar-refractivity contribution in [2.24, 2.45) is 12.8 Å². The maximum Gasteiger partial charge on any atom is 0.256 e. The lowest BCUT2D eigenvalue weighted by Gasteiger charge is -2.16. The van der Waals surface area contributed by atoms with Gasteiger partial charge in [0.15, 0.2) is 0 Å². The Bertz CT molecular complexity index is 1450. The van der Waals surface area contributed by atoms with Crippen molar-refractivity contribution in [3.05, 3.63) is 71.2 Å². The molecule has 0 bridgehead atoms. The number of pyridine rings is 2. The second-order valence-corrected chi connectivity index (χ2v) is 9.32. The van der Waals surface area contributed by atoms with E-state index < -0.39 is 0 Å². The minimum Gasteiger partial charge on any atom is -0.381 e. The number of nitrogens with one attached hydrogen (secondary N) is 1. The Morgan fingerprint density at radius 1 is 1.14 bits per heavy atom. The van der Waals surface area contributed by atoms with Gasteiger partial charge in [0.05, 0.1) is 23.6 Å². The third-order valence-corrected chi connectivity index (χ3v) is 7.16. The molecule has 0 radical (unpaired) electrons. The minimum absolute atomic E-state index is 0.00137. The highest BCUT2D eigenvalue weighted by Gasteiger charge is 2.31. The van der Waals surface area contributed by atoms with E-state index in [0.717, 1.165) is 57.7 Å². The molecule has 0 aliphatic carbocycles. The number of hydrogen-bond donors (Lipinski definition) is 2. The molecule has 2 aliphatic rings. The summed E-state index contributed by atoms with van der Waals surface area (Å²) in [6, 6.07) is 12.2. The second-order valence-electron chi connectivity index (χ2n) is 9.32. The third kappa shape index (κ3) is 3.57. The molecule has 178 valence electrons. The Morgan fingerprint density at radius 2 is 2.03 bits per heavy atom. The van der Waals surface area contributed by atoms with Gasteiger partial charge in [0.2, 0.25) is 0 Å². The summed E-state index contributed by atoms with van der Waals surface area (Å²) in [5, 5.41) is 4.48. The highest BCUT2D eigenvalue weighted by Crippen LogP contribution is 2.40. The molecule has 1 amide bonds. The van der Waals surface area contributed by atoms with Crippen LogP contribution in [0.2, 0.25) is 0 Å². The summed E-state index contributed by atoms with van der Waals surface area (Å²) in [4.78, 5) is 24.3. The van der Waals surface area contributed by atoms with Gasteiger partial charge in [-0.3, -0.25) is 4.79 Å². The largest absolute Gasteiger partial charge is 0.381 e. The number of carbonyl (C=O) groups excluding carboxylic acids is 1. The molecule has 4 aromatic rings. The van der Waals surface area contributed by atoms with Gasteiger partial charge >= 0.3 is 0 Å². The van der Waals surface area contributed by atoms with Crippen LogP contribution >= 0.6 is 0 Å². The average molecular weight is 469 g/mol. The van der Waals surface area contributed by atoms with Gasteiger partial charge in [0.1, 0.15) is 11.5 Å². The van der Waals surface area contributed by atoms with E-state index in [-0.39, 0.29) is 5.91 Å². The van der Waals surface area contributed by atoms with Crippen LogP contribution in [0.4, 0.5) is 11.5 Å². The number of carbonyl (C=O) groups is 1. The van der Waals surface area contributed by atoms with Crippen molar-refractivity contribution in [1.82, 2.24) is 19.4 Å². The number of amides is 1. The summed E-state index contributed by atoms with van der Waals surface area (Å²) in [6.45, 7) is 2.39. The van der Waals surface area contributed by atoms with Crippen LogP contribution in [0.15, 0.2) is 48.8 Å². The number of aryl methyl sites for hydroxylation is 1. The molecule has 5 heterocycles. The van der Waals surface area contributed by atoms with E-state index in [1.165, 1.54) is 0 Å². The van der Waals surface area contributed by atoms with Crippen LogP contribution in [0, 0.1) is 0 Å². The number of nitrogens with zero attached hydrogens (tertiary/aromatic N) is 4. The molecule has 8 nitrogen and oxygen atoms in total. The first-order valence-electron chi connectivity index (χ1n) is 11.9. The van der Waals surface area contributed by atoms with Crippen LogP contribution in [0.5, 0.6) is 0 Å². The van der Waals surface area contributed by atoms with Crippen molar-refractivity contribution in [2.45, 2.75) is 25.4 Å². The highest BCUT2D eigenvalue weighted by atomic mass is 16.5. The van der Waals surface area contributed by atoms with Crippen LogP contribution in [0.25, 0.3) is 22.2 Å². The molecule has 35 heavy (non-hydrogen) atoms. The maximum atomic E-state index is 13.2. The molecule has 0 unspecified atom stereocenters. The van der Waals surface area contributed by atoms with Gasteiger partial charge < -0.3 is 25.3 Å². The van der Waals surface area contributed by atoms with E-state index in [1.807, 2.05) is 49.3 Å². The lowest BCUT2D eigenvalue weighted by molar-refractivity contribution is 0.0817. The van der Waals surface area contributed by atoms with E-state index >= 15 is 0 Å². The smallest absolute Gasteiger partial charge is 0.256 e. The molecule has 3 aromatic heterocycles. The predicted octanol–water partition coefficient (Wildman–Crippen LogP) is 3.93. The van der Waals surface area contributed by atoms with Crippen LogP contribution in [0.1, 0.15) is 39.5 Å². The summed E-state index contributed by atoms with van der Waals surface area (Å²) in [5.74, 6) is 1.02. The molecule has 6 rings (SSSR count). The molecule has 3 N–H and O–H groups in total. The molecule has 2 aliphatic heterocycles. The van der Waals surface area contributed by atoms with Crippen molar-refractivity contribution in [2.75, 3.05) is 25.6 Å². The Morgan fingerprint density at radius 3 is 2.83 bits per heavy atom. The van der Waals surface area contributed by atoms with E-state index in [2.05, 4.69) is 28.5 Å². The van der Waals surface area contributed by atoms with E-state index in [9.17, 15) is 4.79 Å². The molecular weight excluding hydrogens is 440 g/mol. The van der Waals surface area contributed by atoms with Gasteiger partial charge in [-0.25, -0.2) is 9.97 Å². The predicted molar refractivity (Wildman–Crippen MR) is 136 cm³/mol. The third-order valence-electron chi connectivity index (χ3n) is 7.16. The number of hydrogen-bond acceptors (Lipinski definition) is 6. The van der Waals surface area contributed by atoms with Gasteiger partial charge in [-0.15, -0.1) is 0 Å². The zero-order valence-electron chi connectivity index (χ0n) is 19.9. The molecule has 0 saturated carbocycles. The van der Waals surface area contributed by atoms with Gasteiger partial charge in [-0.05, 0) is 52.9 Å². The Labute approximate surface area is 203 Å². The van der Waals surface area contributed by atoms with Gasteiger partial charge in [-0.2, -0.15) is 0 Å². The first-order valence-corrected chi connectivity index (χ1v) is 11.9. The lowest BCUT2D eigenvalue weighted by atomic mass is 9.94. The Hall–Kier alpha value is -3.75. The first-order chi connectivity index (χ1) is 17.0. The zero-order chi connectivity index (χ0) is 24.1. The van der Waals surface area contributed by atoms with Crippen molar-refractivity contribution >= 4 is 28.4 Å². The number of rotatable bonds is 5. The van der Waals surface area contributed by atoms with Crippen molar-refractivity contribution < 1.29 is 9.53 Å². The fourth-order valence-electron chi connectivity index (χ4n) is 5.35. The standard InChI is InChI=1S/C27H28N6O2/c1-32-11-8-20-19(7-10-29-26(20)32)18-3-5-22(25-21(18)14-33(2)27(25)34)30-24-6-4-17(23(13-28)31-24)16-9-12-35-15-16/h3-8,10-11,16H,9,12-15,28H2,1-2H3,(H,30,31)/t16-/m1/s1. The molecule has 0 spiro atoms. The summed E-state index contributed by atoms with van der Waals surface area (Å²) < 4.78 is 7.56. The summed E-state index contributed by atoms with van der Waals surface area (Å²) >= 11 is 0. The second kappa shape index (κ2) is 8.48. The summed E-state index contributed by atoms with van der Waals surface area (Å²) in [5.41, 5.74) is 13.6. The van der Waals surface area contributed by atoms with E-state index in [4.69, 9.17) is 15.5 Å². The number of anilines is 2. The van der Waals surface area contributed by atoms with Crippen LogP contribution < -0.4 is 11.1 Å². The molecule has 8 heteroatoms. The van der Waals surface area contributed by atoms with E-state index in [0.29, 0.717) is 37.0 Å². The number of fused-ring (bicyclic) bond motifs is 2. The number of nitrogens with two attached hydrogens (primary N) is 1. The quantitative estimate of drug-likeness (QED) is 0.461. The normalized spacial score (nSPS) is 17.4. The number of ether oxygens (including phenoxy) is 1. The molecule has 1 fully saturated rings. The topological polar surface area (TPSA) is 98.3 Å². The summed E-state index contributed by atoms with van der Waals surface area (Å²) in [7, 11) is 3.82. The molecule has 1 aromatic carbocycles. The van der Waals surface area contributed by atoms with E-state index in [1.54, 1.807) is 4.90 Å². The van der Waals surface area contributed by atoms with Crippen molar-refractivity contribution in [3.63, 3.8) is 0 Å². The van der Waals surface area contributed by atoms with Crippen LogP contribution in [-0.2, 0) is 24.9 Å². The monoisotopic (exact) mass is 468 g/mol. The Balaban J connectivity index is 1.41. The fourth-order valence-corrected chi connectivity index (χ4v) is 5.35. The lowest BCUT2D eigenvalue weighted by Crippen LogP contribution is -2.18.